The Labute approximate surface area is 142 Å². The van der Waals surface area contributed by atoms with Crippen molar-refractivity contribution in [1.29, 1.82) is 0 Å². The first-order valence-electron chi connectivity index (χ1n) is 4.59. The van der Waals surface area contributed by atoms with Crippen LogP contribution >= 0.6 is 0 Å². The molecule has 94 valence electrons. The van der Waals surface area contributed by atoms with Crippen LogP contribution in [0.3, 0.4) is 0 Å². The van der Waals surface area contributed by atoms with Crippen molar-refractivity contribution in [1.82, 2.24) is 0 Å². The molecule has 0 amide bonds. The second kappa shape index (κ2) is 9.42. The molecule has 0 saturated heterocycles. The Morgan fingerprint density at radius 3 is 2.00 bits per heavy atom. The molecule has 17 heavy (non-hydrogen) atoms. The maximum atomic E-state index is 11.1. The SMILES string of the molecule is CCOC(=O)CC(C(=O)OCC)S(=O)(=O)[O-].[K+]. The van der Waals surface area contributed by atoms with E-state index in [4.69, 9.17) is 0 Å². The number of carbonyl (C=O) groups excluding carboxylic acids is 2. The molecular formula is C8H13KO7S. The monoisotopic (exact) mass is 292 g/mol. The molecule has 0 N–H and O–H groups in total. The van der Waals surface area contributed by atoms with Gasteiger partial charge in [0.15, 0.2) is 5.25 Å². The molecule has 9 heteroatoms. The maximum absolute atomic E-state index is 11.1. The van der Waals surface area contributed by atoms with Crippen LogP contribution in [0.15, 0.2) is 0 Å². The van der Waals surface area contributed by atoms with Gasteiger partial charge in [0.25, 0.3) is 0 Å². The van der Waals surface area contributed by atoms with Gasteiger partial charge in [0.1, 0.15) is 10.1 Å². The minimum atomic E-state index is -4.93. The van der Waals surface area contributed by atoms with Gasteiger partial charge in [0, 0.05) is 0 Å². The summed E-state index contributed by atoms with van der Waals surface area (Å²) in [5.74, 6) is -2.16. The van der Waals surface area contributed by atoms with Gasteiger partial charge in [-0.25, -0.2) is 8.42 Å². The van der Waals surface area contributed by atoms with Gasteiger partial charge in [-0.15, -0.1) is 0 Å². The fourth-order valence-corrected chi connectivity index (χ4v) is 1.55. The summed E-state index contributed by atoms with van der Waals surface area (Å²) in [4.78, 5) is 22.1. The number of hydrogen-bond donors (Lipinski definition) is 0. The summed E-state index contributed by atoms with van der Waals surface area (Å²) in [7, 11) is -4.93. The van der Waals surface area contributed by atoms with Crippen molar-refractivity contribution >= 4 is 22.1 Å². The summed E-state index contributed by atoms with van der Waals surface area (Å²) in [6.07, 6.45) is -0.821. The van der Waals surface area contributed by atoms with Crippen LogP contribution in [0.2, 0.25) is 0 Å². The molecular weight excluding hydrogens is 279 g/mol. The van der Waals surface area contributed by atoms with Crippen LogP contribution in [0.5, 0.6) is 0 Å². The number of carbonyl (C=O) groups is 2. The van der Waals surface area contributed by atoms with E-state index in [9.17, 15) is 22.6 Å². The third kappa shape index (κ3) is 8.24. The van der Waals surface area contributed by atoms with Crippen LogP contribution in [0, 0.1) is 0 Å². The summed E-state index contributed by atoms with van der Waals surface area (Å²) in [6.45, 7) is 2.93. The van der Waals surface area contributed by atoms with Gasteiger partial charge in [0.05, 0.1) is 19.6 Å². The Morgan fingerprint density at radius 2 is 1.65 bits per heavy atom. The Balaban J connectivity index is 0. The van der Waals surface area contributed by atoms with E-state index in [0.717, 1.165) is 0 Å². The summed E-state index contributed by atoms with van der Waals surface area (Å²) < 4.78 is 41.0. The predicted octanol–water partition coefficient (Wildman–Crippen LogP) is -3.58. The number of ether oxygens (including phenoxy) is 2. The minimum Gasteiger partial charge on any atom is -0.747 e. The normalized spacial score (nSPS) is 12.2. The summed E-state index contributed by atoms with van der Waals surface area (Å²) in [5.41, 5.74) is 0. The van der Waals surface area contributed by atoms with Crippen molar-refractivity contribution < 1.29 is 83.4 Å². The van der Waals surface area contributed by atoms with Crippen LogP contribution in [-0.2, 0) is 29.2 Å². The van der Waals surface area contributed by atoms with Crippen molar-refractivity contribution in [2.45, 2.75) is 25.5 Å². The van der Waals surface area contributed by atoms with Crippen molar-refractivity contribution in [2.75, 3.05) is 13.2 Å². The molecule has 0 aliphatic rings. The molecule has 0 spiro atoms. The second-order valence-corrected chi connectivity index (χ2v) is 4.30. The molecule has 0 aromatic rings. The zero-order valence-electron chi connectivity index (χ0n) is 9.96. The molecule has 0 aromatic heterocycles. The quantitative estimate of drug-likeness (QED) is 0.283. The Morgan fingerprint density at radius 1 is 1.18 bits per heavy atom. The van der Waals surface area contributed by atoms with E-state index in [2.05, 4.69) is 9.47 Å². The molecule has 1 unspecified atom stereocenters. The third-order valence-corrected chi connectivity index (χ3v) is 2.61. The molecule has 0 saturated carbocycles. The number of esters is 2. The van der Waals surface area contributed by atoms with E-state index in [-0.39, 0.29) is 64.6 Å². The molecule has 0 aliphatic carbocycles. The average molecular weight is 292 g/mol. The van der Waals surface area contributed by atoms with Gasteiger partial charge in [-0.1, -0.05) is 0 Å². The Kier molecular flexibility index (Phi) is 11.0. The van der Waals surface area contributed by atoms with Crippen molar-refractivity contribution in [2.24, 2.45) is 0 Å². The van der Waals surface area contributed by atoms with Crippen molar-refractivity contribution in [3.63, 3.8) is 0 Å². The van der Waals surface area contributed by atoms with Crippen molar-refractivity contribution in [3.05, 3.63) is 0 Å². The third-order valence-electron chi connectivity index (χ3n) is 1.56. The summed E-state index contributed by atoms with van der Waals surface area (Å²) in [5, 5.41) is -2.04. The van der Waals surface area contributed by atoms with E-state index >= 15 is 0 Å². The molecule has 0 bridgehead atoms. The van der Waals surface area contributed by atoms with E-state index in [1.807, 2.05) is 0 Å². The van der Waals surface area contributed by atoms with E-state index < -0.39 is 33.7 Å². The van der Waals surface area contributed by atoms with E-state index in [0.29, 0.717) is 0 Å². The van der Waals surface area contributed by atoms with Crippen molar-refractivity contribution in [3.8, 4) is 0 Å². The zero-order chi connectivity index (χ0) is 12.8. The van der Waals surface area contributed by atoms with Gasteiger partial charge in [-0.05, 0) is 13.8 Å². The molecule has 0 aliphatic heterocycles. The number of hydrogen-bond acceptors (Lipinski definition) is 7. The van der Waals surface area contributed by atoms with E-state index in [1.165, 1.54) is 13.8 Å². The van der Waals surface area contributed by atoms with Crippen LogP contribution in [-0.4, -0.2) is 43.4 Å². The van der Waals surface area contributed by atoms with Gasteiger partial charge in [-0.2, -0.15) is 0 Å². The van der Waals surface area contributed by atoms with Gasteiger partial charge < -0.3 is 14.0 Å². The summed E-state index contributed by atoms with van der Waals surface area (Å²) >= 11 is 0. The molecule has 0 fully saturated rings. The Bertz CT molecular complexity index is 351. The van der Waals surface area contributed by atoms with Crippen LogP contribution in [0.25, 0.3) is 0 Å². The summed E-state index contributed by atoms with van der Waals surface area (Å²) in [6, 6.07) is 0. The molecule has 0 heterocycles. The molecule has 7 nitrogen and oxygen atoms in total. The maximum Gasteiger partial charge on any atom is 1.00 e. The first kappa shape index (κ1) is 19.8. The van der Waals surface area contributed by atoms with Crippen LogP contribution < -0.4 is 51.4 Å². The van der Waals surface area contributed by atoms with Crippen LogP contribution in [0.4, 0.5) is 0 Å². The fourth-order valence-electron chi connectivity index (χ4n) is 0.910. The first-order valence-corrected chi connectivity index (χ1v) is 6.07. The van der Waals surface area contributed by atoms with Gasteiger partial charge >= 0.3 is 63.3 Å². The first-order chi connectivity index (χ1) is 7.32. The largest absolute Gasteiger partial charge is 1.00 e. The van der Waals surface area contributed by atoms with Crippen LogP contribution in [0.1, 0.15) is 20.3 Å². The zero-order valence-corrected chi connectivity index (χ0v) is 13.9. The molecule has 0 rings (SSSR count). The fraction of sp³-hybridized carbons (Fsp3) is 0.750. The second-order valence-electron chi connectivity index (χ2n) is 2.74. The van der Waals surface area contributed by atoms with Gasteiger partial charge in [0.2, 0.25) is 0 Å². The standard InChI is InChI=1S/C8H14O7S.K/c1-3-14-7(9)5-6(16(11,12)13)8(10)15-4-2;/h6H,3-5H2,1-2H3,(H,11,12,13);/q;+1/p-1. The average Bonchev–Trinajstić information content (AvgIpc) is 2.13. The molecule has 0 aromatic carbocycles. The smallest absolute Gasteiger partial charge is 0.747 e. The van der Waals surface area contributed by atoms with Gasteiger partial charge in [-0.3, -0.25) is 9.59 Å². The predicted molar refractivity (Wildman–Crippen MR) is 51.4 cm³/mol. The Hall–Kier alpha value is 0.486. The number of rotatable bonds is 6. The van der Waals surface area contributed by atoms with E-state index in [1.54, 1.807) is 0 Å². The topological polar surface area (TPSA) is 110 Å². The molecule has 1 atom stereocenters. The minimum absolute atomic E-state index is 0. The molecule has 0 radical (unpaired) electrons.